The van der Waals surface area contributed by atoms with Gasteiger partial charge in [-0.25, -0.2) is 4.79 Å². The lowest BCUT2D eigenvalue weighted by molar-refractivity contribution is 0.215. The topological polar surface area (TPSA) is 56.8 Å². The van der Waals surface area contributed by atoms with Crippen LogP contribution in [0.3, 0.4) is 0 Å². The van der Waals surface area contributed by atoms with Crippen LogP contribution in [0.4, 0.5) is 10.5 Å². The van der Waals surface area contributed by atoms with Crippen molar-refractivity contribution in [3.8, 4) is 17.2 Å². The average molecular weight is 343 g/mol. The van der Waals surface area contributed by atoms with Crippen molar-refractivity contribution < 1.29 is 19.0 Å². The summed E-state index contributed by atoms with van der Waals surface area (Å²) in [6.45, 7) is 5.38. The molecule has 0 aromatic heterocycles. The van der Waals surface area contributed by atoms with E-state index in [9.17, 15) is 4.79 Å². The zero-order valence-corrected chi connectivity index (χ0v) is 14.8. The maximum atomic E-state index is 11.9. The minimum atomic E-state index is -0.541. The van der Waals surface area contributed by atoms with Crippen LogP contribution in [0.2, 0.25) is 0 Å². The Morgan fingerprint density at radius 1 is 0.840 bits per heavy atom. The lowest BCUT2D eigenvalue weighted by atomic mass is 10.3. The molecule has 1 N–H and O–H groups in total. The van der Waals surface area contributed by atoms with E-state index < -0.39 is 6.09 Å². The van der Waals surface area contributed by atoms with Crippen LogP contribution in [0.1, 0.15) is 33.1 Å². The van der Waals surface area contributed by atoms with Crippen LogP contribution in [0.5, 0.6) is 17.2 Å². The summed E-state index contributed by atoms with van der Waals surface area (Å²) in [6.07, 6.45) is 2.83. The van der Waals surface area contributed by atoms with Crippen LogP contribution in [-0.4, -0.2) is 19.3 Å². The smallest absolute Gasteiger partial charge is 0.417 e. The molecule has 5 heteroatoms. The molecule has 0 aliphatic heterocycles. The first kappa shape index (κ1) is 18.6. The summed E-state index contributed by atoms with van der Waals surface area (Å²) in [7, 11) is 0. The van der Waals surface area contributed by atoms with E-state index in [1.54, 1.807) is 48.5 Å². The Morgan fingerprint density at radius 3 is 2.08 bits per heavy atom. The van der Waals surface area contributed by atoms with E-state index in [0.717, 1.165) is 24.3 Å². The molecule has 0 spiro atoms. The maximum absolute atomic E-state index is 11.9. The molecule has 0 atom stereocenters. The summed E-state index contributed by atoms with van der Waals surface area (Å²) in [5.41, 5.74) is 0.643. The Labute approximate surface area is 148 Å². The van der Waals surface area contributed by atoms with Gasteiger partial charge in [0.05, 0.1) is 13.2 Å². The Kier molecular flexibility index (Phi) is 7.63. The summed E-state index contributed by atoms with van der Waals surface area (Å²) in [5, 5.41) is 2.67. The summed E-state index contributed by atoms with van der Waals surface area (Å²) < 4.78 is 16.2. The molecular weight excluding hydrogens is 318 g/mol. The van der Waals surface area contributed by atoms with Gasteiger partial charge in [-0.2, -0.15) is 0 Å². The summed E-state index contributed by atoms with van der Waals surface area (Å²) in [6, 6.07) is 14.1. The fourth-order valence-electron chi connectivity index (χ4n) is 2.20. The molecule has 0 fully saturated rings. The van der Waals surface area contributed by atoms with Gasteiger partial charge in [-0.05, 0) is 61.9 Å². The van der Waals surface area contributed by atoms with Gasteiger partial charge in [-0.1, -0.05) is 19.8 Å². The van der Waals surface area contributed by atoms with Crippen molar-refractivity contribution in [3.63, 3.8) is 0 Å². The number of amides is 1. The van der Waals surface area contributed by atoms with Crippen molar-refractivity contribution in [2.45, 2.75) is 33.1 Å². The Hall–Kier alpha value is -2.69. The third-order valence-corrected chi connectivity index (χ3v) is 3.46. The zero-order valence-electron chi connectivity index (χ0n) is 14.8. The fraction of sp³-hybridized carbons (Fsp3) is 0.350. The van der Waals surface area contributed by atoms with Gasteiger partial charge in [0.2, 0.25) is 0 Å². The largest absolute Gasteiger partial charge is 0.494 e. The van der Waals surface area contributed by atoms with Gasteiger partial charge >= 0.3 is 6.09 Å². The summed E-state index contributed by atoms with van der Waals surface area (Å²) in [5.74, 6) is 2.00. The molecule has 2 aromatic rings. The zero-order chi connectivity index (χ0) is 17.9. The molecule has 134 valence electrons. The van der Waals surface area contributed by atoms with E-state index >= 15 is 0 Å². The first-order valence-electron chi connectivity index (χ1n) is 8.65. The number of hydrogen-bond acceptors (Lipinski definition) is 4. The predicted octanol–water partition coefficient (Wildman–Crippen LogP) is 5.27. The molecule has 0 saturated heterocycles. The molecule has 0 unspecified atom stereocenters. The number of rotatable bonds is 9. The first-order chi connectivity index (χ1) is 12.2. The van der Waals surface area contributed by atoms with Crippen LogP contribution in [0.25, 0.3) is 0 Å². The van der Waals surface area contributed by atoms with Crippen molar-refractivity contribution in [3.05, 3.63) is 48.5 Å². The highest BCUT2D eigenvalue weighted by molar-refractivity contribution is 5.86. The molecule has 0 bridgehead atoms. The number of benzene rings is 2. The van der Waals surface area contributed by atoms with Gasteiger partial charge in [0.1, 0.15) is 17.2 Å². The van der Waals surface area contributed by atoms with Crippen LogP contribution in [0, 0.1) is 0 Å². The number of hydrogen-bond donors (Lipinski definition) is 1. The number of carbonyl (C=O) groups excluding carboxylic acids is 1. The molecule has 2 aromatic carbocycles. The standard InChI is InChI=1S/C20H25NO4/c1-3-5-6-15-24-18-11-13-19(14-12-18)25-20(22)21-16-7-9-17(10-8-16)23-4-2/h7-14H,3-6,15H2,1-2H3,(H,21,22). The first-order valence-corrected chi connectivity index (χ1v) is 8.65. The molecule has 0 heterocycles. The van der Waals surface area contributed by atoms with Crippen molar-refractivity contribution in [1.82, 2.24) is 0 Å². The van der Waals surface area contributed by atoms with Crippen LogP contribution in [-0.2, 0) is 0 Å². The molecule has 1 amide bonds. The molecule has 0 radical (unpaired) electrons. The third-order valence-electron chi connectivity index (χ3n) is 3.46. The number of carbonyl (C=O) groups is 1. The van der Waals surface area contributed by atoms with Gasteiger partial charge in [-0.3, -0.25) is 5.32 Å². The van der Waals surface area contributed by atoms with E-state index in [0.29, 0.717) is 24.7 Å². The van der Waals surface area contributed by atoms with Gasteiger partial charge in [0, 0.05) is 5.69 Å². The highest BCUT2D eigenvalue weighted by Gasteiger charge is 2.06. The van der Waals surface area contributed by atoms with Gasteiger partial charge in [0.15, 0.2) is 0 Å². The summed E-state index contributed by atoms with van der Waals surface area (Å²) in [4.78, 5) is 11.9. The van der Waals surface area contributed by atoms with E-state index in [2.05, 4.69) is 12.2 Å². The minimum Gasteiger partial charge on any atom is -0.494 e. The predicted molar refractivity (Wildman–Crippen MR) is 98.7 cm³/mol. The van der Waals surface area contributed by atoms with Gasteiger partial charge in [0.25, 0.3) is 0 Å². The van der Waals surface area contributed by atoms with Crippen molar-refractivity contribution >= 4 is 11.8 Å². The van der Waals surface area contributed by atoms with Gasteiger partial charge < -0.3 is 14.2 Å². The quantitative estimate of drug-likeness (QED) is 0.631. The molecule has 0 saturated carbocycles. The Bertz CT molecular complexity index is 638. The number of anilines is 1. The molecular formula is C20H25NO4. The van der Waals surface area contributed by atoms with E-state index in [4.69, 9.17) is 14.2 Å². The van der Waals surface area contributed by atoms with Crippen LogP contribution in [0.15, 0.2) is 48.5 Å². The van der Waals surface area contributed by atoms with Gasteiger partial charge in [-0.15, -0.1) is 0 Å². The Balaban J connectivity index is 1.79. The molecule has 0 aliphatic carbocycles. The van der Waals surface area contributed by atoms with E-state index in [1.165, 1.54) is 6.42 Å². The maximum Gasteiger partial charge on any atom is 0.417 e. The lowest BCUT2D eigenvalue weighted by Crippen LogP contribution is -2.16. The molecule has 25 heavy (non-hydrogen) atoms. The average Bonchev–Trinajstić information content (AvgIpc) is 2.62. The highest BCUT2D eigenvalue weighted by atomic mass is 16.6. The molecule has 0 aliphatic rings. The van der Waals surface area contributed by atoms with Crippen LogP contribution >= 0.6 is 0 Å². The number of nitrogens with one attached hydrogen (secondary N) is 1. The van der Waals surface area contributed by atoms with Crippen molar-refractivity contribution in [1.29, 1.82) is 0 Å². The third kappa shape index (κ3) is 6.75. The lowest BCUT2D eigenvalue weighted by Gasteiger charge is -2.09. The number of ether oxygens (including phenoxy) is 3. The SMILES string of the molecule is CCCCCOc1ccc(OC(=O)Nc2ccc(OCC)cc2)cc1. The monoisotopic (exact) mass is 343 g/mol. The number of unbranched alkanes of at least 4 members (excludes halogenated alkanes) is 2. The summed E-state index contributed by atoms with van der Waals surface area (Å²) >= 11 is 0. The van der Waals surface area contributed by atoms with Crippen molar-refractivity contribution in [2.75, 3.05) is 18.5 Å². The highest BCUT2D eigenvalue weighted by Crippen LogP contribution is 2.19. The second kappa shape index (κ2) is 10.2. The fourth-order valence-corrected chi connectivity index (χ4v) is 2.20. The van der Waals surface area contributed by atoms with Crippen LogP contribution < -0.4 is 19.5 Å². The molecule has 2 rings (SSSR count). The van der Waals surface area contributed by atoms with Crippen molar-refractivity contribution in [2.24, 2.45) is 0 Å². The van der Waals surface area contributed by atoms with E-state index in [1.807, 2.05) is 6.92 Å². The second-order valence-corrected chi connectivity index (χ2v) is 5.50. The second-order valence-electron chi connectivity index (χ2n) is 5.50. The Morgan fingerprint density at radius 2 is 1.44 bits per heavy atom. The van der Waals surface area contributed by atoms with E-state index in [-0.39, 0.29) is 0 Å². The molecule has 5 nitrogen and oxygen atoms in total. The normalized spacial score (nSPS) is 10.2. The minimum absolute atomic E-state index is 0.462.